The van der Waals surface area contributed by atoms with Gasteiger partial charge in [-0.15, -0.1) is 4.40 Å². The first-order valence-electron chi connectivity index (χ1n) is 9.82. The molecule has 1 fully saturated rings. The topological polar surface area (TPSA) is 79.3 Å². The molecule has 1 atom stereocenters. The lowest BCUT2D eigenvalue weighted by molar-refractivity contribution is 0.0221. The van der Waals surface area contributed by atoms with Crippen molar-refractivity contribution in [3.63, 3.8) is 0 Å². The van der Waals surface area contributed by atoms with E-state index in [2.05, 4.69) is 9.30 Å². The van der Waals surface area contributed by atoms with Gasteiger partial charge in [-0.1, -0.05) is 35.3 Å². The van der Waals surface area contributed by atoms with Crippen molar-refractivity contribution in [2.24, 2.45) is 4.40 Å². The molecule has 2 aliphatic rings. The van der Waals surface area contributed by atoms with Gasteiger partial charge in [-0.25, -0.2) is 4.79 Å². The highest BCUT2D eigenvalue weighted by molar-refractivity contribution is 7.90. The highest BCUT2D eigenvalue weighted by Gasteiger charge is 2.33. The van der Waals surface area contributed by atoms with Crippen molar-refractivity contribution in [3.8, 4) is 0 Å². The van der Waals surface area contributed by atoms with E-state index in [-0.39, 0.29) is 21.6 Å². The minimum absolute atomic E-state index is 0.255. The van der Waals surface area contributed by atoms with Crippen LogP contribution in [0.5, 0.6) is 0 Å². The molecule has 0 saturated carbocycles. The summed E-state index contributed by atoms with van der Waals surface area (Å²) >= 11 is 11.9. The maximum absolute atomic E-state index is 12.4. The molecule has 2 heterocycles. The van der Waals surface area contributed by atoms with Gasteiger partial charge in [-0.05, 0) is 37.3 Å². The quantitative estimate of drug-likeness (QED) is 0.623. The Balaban J connectivity index is 1.33. The van der Waals surface area contributed by atoms with Crippen LogP contribution in [0.25, 0.3) is 0 Å². The molecule has 7 nitrogen and oxygen atoms in total. The Hall–Kier alpha value is -2.13. The van der Waals surface area contributed by atoms with Gasteiger partial charge in [0.2, 0.25) is 0 Å². The second kappa shape index (κ2) is 8.78. The van der Waals surface area contributed by atoms with Gasteiger partial charge in [0, 0.05) is 43.3 Å². The molecule has 0 aliphatic carbocycles. The Kier molecular flexibility index (Phi) is 6.25. The zero-order valence-electron chi connectivity index (χ0n) is 16.8. The third-order valence-corrected chi connectivity index (χ3v) is 7.13. The van der Waals surface area contributed by atoms with Crippen LogP contribution in [0.4, 0.5) is 0 Å². The Morgan fingerprint density at radius 3 is 2.55 bits per heavy atom. The third kappa shape index (κ3) is 4.72. The maximum Gasteiger partial charge on any atom is 0.339 e. The second-order valence-corrected chi connectivity index (χ2v) is 9.93. The smallest absolute Gasteiger partial charge is 0.339 e. The van der Waals surface area contributed by atoms with Gasteiger partial charge in [0.25, 0.3) is 10.0 Å². The summed E-state index contributed by atoms with van der Waals surface area (Å²) in [6.45, 7) is 5.05. The molecule has 2 aromatic rings. The molecular formula is C21H21Cl2N3O4S. The van der Waals surface area contributed by atoms with Crippen molar-refractivity contribution in [3.05, 3.63) is 63.6 Å². The molecule has 4 rings (SSSR count). The first-order valence-corrected chi connectivity index (χ1v) is 12.0. The Labute approximate surface area is 191 Å². The van der Waals surface area contributed by atoms with Crippen molar-refractivity contribution < 1.29 is 17.9 Å². The molecule has 164 valence electrons. The van der Waals surface area contributed by atoms with E-state index in [4.69, 9.17) is 27.9 Å². The molecule has 2 aliphatic heterocycles. The lowest BCUT2D eigenvalue weighted by atomic mass is 10.1. The molecule has 10 heteroatoms. The van der Waals surface area contributed by atoms with Crippen LogP contribution in [0.2, 0.25) is 10.0 Å². The monoisotopic (exact) mass is 481 g/mol. The van der Waals surface area contributed by atoms with E-state index in [1.54, 1.807) is 30.3 Å². The number of amidine groups is 1. The zero-order valence-corrected chi connectivity index (χ0v) is 19.1. The molecule has 2 aromatic carbocycles. The number of halogens is 2. The molecule has 0 aromatic heterocycles. The minimum Gasteiger partial charge on any atom is -0.458 e. The molecule has 31 heavy (non-hydrogen) atoms. The van der Waals surface area contributed by atoms with E-state index in [9.17, 15) is 13.2 Å². The zero-order chi connectivity index (χ0) is 22.2. The fourth-order valence-electron chi connectivity index (χ4n) is 3.76. The molecule has 1 saturated heterocycles. The lowest BCUT2D eigenvalue weighted by Gasteiger charge is -2.36. The van der Waals surface area contributed by atoms with Crippen LogP contribution in [0.15, 0.2) is 51.8 Å². The molecule has 0 spiro atoms. The number of ether oxygens (including phenoxy) is 1. The molecule has 0 unspecified atom stereocenters. The lowest BCUT2D eigenvalue weighted by Crippen LogP contribution is -2.50. The summed E-state index contributed by atoms with van der Waals surface area (Å²) in [4.78, 5) is 16.8. The average molecular weight is 482 g/mol. The predicted octanol–water partition coefficient (Wildman–Crippen LogP) is 3.31. The summed E-state index contributed by atoms with van der Waals surface area (Å²) in [7, 11) is -3.63. The summed E-state index contributed by atoms with van der Waals surface area (Å²) in [6.07, 6.45) is -0.337. The SMILES string of the molecule is C[C@@H](CN1CCN(C2=NS(=O)(=O)c3ccccc32)CC1)OC(=O)c1ccc(Cl)cc1Cl. The number of fused-ring (bicyclic) bond motifs is 1. The van der Waals surface area contributed by atoms with Crippen molar-refractivity contribution in [1.82, 2.24) is 9.80 Å². The van der Waals surface area contributed by atoms with Gasteiger partial charge >= 0.3 is 5.97 Å². The number of piperazine rings is 1. The van der Waals surface area contributed by atoms with Crippen LogP contribution in [0.1, 0.15) is 22.8 Å². The van der Waals surface area contributed by atoms with Crippen molar-refractivity contribution in [2.45, 2.75) is 17.9 Å². The third-order valence-electron chi connectivity index (χ3n) is 5.26. The number of nitrogens with zero attached hydrogens (tertiary/aromatic N) is 3. The van der Waals surface area contributed by atoms with Crippen molar-refractivity contribution in [1.29, 1.82) is 0 Å². The highest BCUT2D eigenvalue weighted by atomic mass is 35.5. The van der Waals surface area contributed by atoms with E-state index < -0.39 is 16.0 Å². The van der Waals surface area contributed by atoms with E-state index in [0.29, 0.717) is 49.1 Å². The van der Waals surface area contributed by atoms with Crippen LogP contribution in [-0.4, -0.2) is 68.9 Å². The van der Waals surface area contributed by atoms with Gasteiger partial charge in [0.15, 0.2) is 5.84 Å². The fourth-order valence-corrected chi connectivity index (χ4v) is 5.47. The number of rotatable bonds is 4. The Morgan fingerprint density at radius 1 is 1.13 bits per heavy atom. The van der Waals surface area contributed by atoms with Crippen LogP contribution in [0, 0.1) is 0 Å². The first kappa shape index (κ1) is 22.1. The van der Waals surface area contributed by atoms with Crippen LogP contribution >= 0.6 is 23.2 Å². The molecular weight excluding hydrogens is 461 g/mol. The summed E-state index contributed by atoms with van der Waals surface area (Å²) in [5, 5.41) is 0.709. The number of hydrogen-bond acceptors (Lipinski definition) is 6. The van der Waals surface area contributed by atoms with Crippen molar-refractivity contribution in [2.75, 3.05) is 32.7 Å². The van der Waals surface area contributed by atoms with E-state index in [0.717, 1.165) is 0 Å². The van der Waals surface area contributed by atoms with Gasteiger partial charge in [0.05, 0.1) is 10.6 Å². The van der Waals surface area contributed by atoms with Gasteiger partial charge < -0.3 is 9.64 Å². The number of hydrogen-bond donors (Lipinski definition) is 0. The number of sulfonamides is 1. The first-order chi connectivity index (χ1) is 14.7. The predicted molar refractivity (Wildman–Crippen MR) is 120 cm³/mol. The van der Waals surface area contributed by atoms with Gasteiger partial charge in [-0.2, -0.15) is 8.42 Å². The van der Waals surface area contributed by atoms with E-state index in [1.807, 2.05) is 17.9 Å². The Bertz CT molecular complexity index is 1150. The standard InChI is InChI=1S/C21H21Cl2N3O4S/c1-14(30-21(27)16-7-6-15(22)12-18(16)23)13-25-8-10-26(11-9-25)20-17-4-2-3-5-19(17)31(28,29)24-20/h2-7,12,14H,8-11,13H2,1H3/t14-/m0/s1. The Morgan fingerprint density at radius 2 is 1.84 bits per heavy atom. The summed E-state index contributed by atoms with van der Waals surface area (Å²) < 4.78 is 34.1. The number of esters is 1. The fraction of sp³-hybridized carbons (Fsp3) is 0.333. The van der Waals surface area contributed by atoms with Gasteiger partial charge in [0.1, 0.15) is 11.0 Å². The van der Waals surface area contributed by atoms with E-state index in [1.165, 1.54) is 6.07 Å². The normalized spacial score (nSPS) is 18.9. The van der Waals surface area contributed by atoms with Crippen molar-refractivity contribution >= 4 is 45.0 Å². The summed E-state index contributed by atoms with van der Waals surface area (Å²) in [5.41, 5.74) is 0.931. The van der Waals surface area contributed by atoms with E-state index >= 15 is 0 Å². The minimum atomic E-state index is -3.63. The average Bonchev–Trinajstić information content (AvgIpc) is 2.99. The maximum atomic E-state index is 12.4. The molecule has 0 bridgehead atoms. The van der Waals surface area contributed by atoms with Gasteiger partial charge in [-0.3, -0.25) is 4.90 Å². The molecule has 0 radical (unpaired) electrons. The number of carbonyl (C=O) groups excluding carboxylic acids is 1. The highest BCUT2D eigenvalue weighted by Crippen LogP contribution is 2.28. The second-order valence-electron chi connectivity index (χ2n) is 7.51. The van der Waals surface area contributed by atoms with Crippen LogP contribution in [-0.2, 0) is 14.8 Å². The van der Waals surface area contributed by atoms with Crippen LogP contribution < -0.4 is 0 Å². The number of carbonyl (C=O) groups is 1. The largest absolute Gasteiger partial charge is 0.458 e. The molecule has 0 amide bonds. The summed E-state index contributed by atoms with van der Waals surface area (Å²) in [6, 6.07) is 11.5. The number of benzene rings is 2. The summed E-state index contributed by atoms with van der Waals surface area (Å²) in [5.74, 6) is 0.0158. The van der Waals surface area contributed by atoms with Crippen LogP contribution in [0.3, 0.4) is 0 Å². The molecule has 0 N–H and O–H groups in total.